The number of hydrogen-bond acceptors (Lipinski definition) is 9. The zero-order chi connectivity index (χ0) is 22.3. The molecule has 2 aromatic carbocycles. The minimum Gasteiger partial charge on any atom is -0.571 e. The van der Waals surface area contributed by atoms with Gasteiger partial charge in [0.25, 0.3) is 11.9 Å². The van der Waals surface area contributed by atoms with Gasteiger partial charge in [-0.2, -0.15) is 0 Å². The Labute approximate surface area is 176 Å². The van der Waals surface area contributed by atoms with Crippen LogP contribution in [0.4, 0.5) is 0 Å². The van der Waals surface area contributed by atoms with Gasteiger partial charge in [0.05, 0.1) is 25.3 Å². The number of hydrogen-bond donors (Lipinski definition) is 6. The van der Waals surface area contributed by atoms with Gasteiger partial charge in [0, 0.05) is 12.1 Å². The molecule has 0 bridgehead atoms. The molecule has 1 saturated heterocycles. The first-order chi connectivity index (χ1) is 14.8. The van der Waals surface area contributed by atoms with Gasteiger partial charge in [-0.25, -0.2) is 0 Å². The molecule has 0 aliphatic carbocycles. The minimum absolute atomic E-state index is 0.0762. The van der Waals surface area contributed by atoms with Crippen LogP contribution in [0.15, 0.2) is 36.1 Å². The molecule has 7 N–H and O–H groups in total. The van der Waals surface area contributed by atoms with E-state index in [4.69, 9.17) is 14.2 Å². The lowest BCUT2D eigenvalue weighted by molar-refractivity contribution is -0.165. The third-order valence-electron chi connectivity index (χ3n) is 5.22. The van der Waals surface area contributed by atoms with Crippen molar-refractivity contribution in [3.63, 3.8) is 0 Å². The first-order valence-corrected chi connectivity index (χ1v) is 9.46. The average molecular weight is 435 g/mol. The van der Waals surface area contributed by atoms with E-state index in [1.807, 2.05) is 0 Å². The highest BCUT2D eigenvalue weighted by Crippen LogP contribution is 2.46. The molecule has 1 fully saturated rings. The molecule has 0 aromatic heterocycles. The second kappa shape index (κ2) is 8.16. The molecule has 10 heteroatoms. The predicted octanol–water partition coefficient (Wildman–Crippen LogP) is 0.605. The van der Waals surface area contributed by atoms with Crippen LogP contribution in [0.25, 0.3) is 6.08 Å². The van der Waals surface area contributed by atoms with E-state index in [0.29, 0.717) is 11.3 Å². The lowest BCUT2D eigenvalue weighted by Gasteiger charge is -2.28. The molecule has 0 saturated carbocycles. The molecular weight excluding hydrogens is 412 g/mol. The molecule has 166 valence electrons. The highest BCUT2D eigenvalue weighted by atomic mass is 16.7. The van der Waals surface area contributed by atoms with Gasteiger partial charge in [-0.05, 0) is 18.2 Å². The number of ether oxygens (including phenoxy) is 4. The molecule has 0 radical (unpaired) electrons. The molecule has 2 aromatic rings. The summed E-state index contributed by atoms with van der Waals surface area (Å²) in [6.45, 7) is -0.511. The number of rotatable bonds is 5. The Morgan fingerprint density at radius 1 is 1.03 bits per heavy atom. The van der Waals surface area contributed by atoms with Crippen molar-refractivity contribution in [3.8, 4) is 28.7 Å². The fraction of sp³-hybridized carbons (Fsp3) is 0.333. The van der Waals surface area contributed by atoms with Crippen LogP contribution in [0.2, 0.25) is 0 Å². The van der Waals surface area contributed by atoms with E-state index in [2.05, 4.69) is 4.74 Å². The van der Waals surface area contributed by atoms with Gasteiger partial charge in [0.1, 0.15) is 35.4 Å². The lowest BCUT2D eigenvalue weighted by Crippen LogP contribution is -2.35. The number of phenolic OH excluding ortho intramolecular Hbond substituents is 3. The van der Waals surface area contributed by atoms with Crippen LogP contribution in [-0.4, -0.2) is 73.7 Å². The van der Waals surface area contributed by atoms with Crippen molar-refractivity contribution in [2.45, 2.75) is 30.7 Å². The van der Waals surface area contributed by atoms with Crippen LogP contribution in [0, 0.1) is 0 Å². The summed E-state index contributed by atoms with van der Waals surface area (Å²) in [6.07, 6.45) is -4.43. The van der Waals surface area contributed by atoms with Crippen molar-refractivity contribution >= 4 is 6.08 Å². The summed E-state index contributed by atoms with van der Waals surface area (Å²) in [5.41, 5.74) is 0.822. The molecule has 2 aliphatic rings. The monoisotopic (exact) mass is 435 g/mol. The molecule has 0 spiro atoms. The van der Waals surface area contributed by atoms with Crippen LogP contribution in [-0.2, 0) is 9.47 Å². The van der Waals surface area contributed by atoms with Crippen molar-refractivity contribution in [2.24, 2.45) is 0 Å². The third kappa shape index (κ3) is 3.81. The Hall–Kier alpha value is -3.18. The average Bonchev–Trinajstić information content (AvgIpc) is 3.02. The normalized spacial score (nSPS) is 27.2. The molecule has 10 nitrogen and oxygen atoms in total. The van der Waals surface area contributed by atoms with Gasteiger partial charge in [0.2, 0.25) is 6.29 Å². The summed E-state index contributed by atoms with van der Waals surface area (Å²) in [6, 6.07) is 7.08. The largest absolute Gasteiger partial charge is 0.571 e. The Kier molecular flexibility index (Phi) is 5.54. The summed E-state index contributed by atoms with van der Waals surface area (Å²) in [7, 11) is 1.40. The number of benzene rings is 2. The van der Waals surface area contributed by atoms with E-state index in [-0.39, 0.29) is 34.3 Å². The molecule has 0 amide bonds. The van der Waals surface area contributed by atoms with E-state index >= 15 is 0 Å². The van der Waals surface area contributed by atoms with Crippen molar-refractivity contribution in [1.82, 2.24) is 0 Å². The number of aliphatic hydroxyl groups is 4. The SMILES string of the molecule is COc1cc(C2[OH+]c3cc(O)cc(O)c3C=C2O[C@H]2O[C@H](CO)[C@@H](O)[C@@H]2O)ccc1O. The van der Waals surface area contributed by atoms with Gasteiger partial charge in [-0.3, -0.25) is 0 Å². The van der Waals surface area contributed by atoms with Crippen LogP contribution >= 0.6 is 0 Å². The van der Waals surface area contributed by atoms with Crippen LogP contribution < -0.4 is 4.74 Å². The first kappa shape index (κ1) is 21.1. The maximum atomic E-state index is 10.2. The first-order valence-electron chi connectivity index (χ1n) is 9.46. The lowest BCUT2D eigenvalue weighted by atomic mass is 10.0. The molecular formula is C21H23O10+. The number of fused-ring (bicyclic) bond motifs is 1. The molecule has 2 heterocycles. The maximum absolute atomic E-state index is 10.2. The number of methoxy groups -OCH3 is 1. The topological polar surface area (TPSA) is 162 Å². The molecule has 5 atom stereocenters. The third-order valence-corrected chi connectivity index (χ3v) is 5.22. The van der Waals surface area contributed by atoms with Gasteiger partial charge in [-0.15, -0.1) is 0 Å². The minimum atomic E-state index is -1.43. The van der Waals surface area contributed by atoms with Crippen molar-refractivity contribution in [1.29, 1.82) is 0 Å². The number of phenols is 3. The standard InChI is InChI=1S/C21H22O10/c1-28-15-4-9(2-3-12(15)24)20-16(30-21-19(27)18(26)17(8-22)31-21)7-11-13(25)5-10(23)6-14(11)29-20/h2-7,17-27H,8H2,1H3/p+1/t17-,18-,19+,20?,21+/m1/s1. The summed E-state index contributed by atoms with van der Waals surface area (Å²) >= 11 is 0. The maximum Gasteiger partial charge on any atom is 0.270 e. The van der Waals surface area contributed by atoms with Gasteiger partial charge >= 0.3 is 0 Å². The Morgan fingerprint density at radius 2 is 1.81 bits per heavy atom. The molecule has 2 aliphatic heterocycles. The highest BCUT2D eigenvalue weighted by molar-refractivity contribution is 5.69. The Morgan fingerprint density at radius 3 is 2.48 bits per heavy atom. The Bertz CT molecular complexity index is 1000. The predicted molar refractivity (Wildman–Crippen MR) is 106 cm³/mol. The van der Waals surface area contributed by atoms with E-state index in [1.165, 1.54) is 25.3 Å². The summed E-state index contributed by atoms with van der Waals surface area (Å²) < 4.78 is 20.9. The van der Waals surface area contributed by atoms with Gasteiger partial charge in [0.15, 0.2) is 17.3 Å². The summed E-state index contributed by atoms with van der Waals surface area (Å²) in [5, 5.41) is 59.5. The Balaban J connectivity index is 1.74. The van der Waals surface area contributed by atoms with Crippen molar-refractivity contribution in [3.05, 3.63) is 47.2 Å². The molecule has 1 unspecified atom stereocenters. The zero-order valence-electron chi connectivity index (χ0n) is 16.4. The fourth-order valence-corrected chi connectivity index (χ4v) is 3.59. The van der Waals surface area contributed by atoms with E-state index < -0.39 is 37.3 Å². The van der Waals surface area contributed by atoms with E-state index in [9.17, 15) is 30.6 Å². The second-order valence-corrected chi connectivity index (χ2v) is 7.23. The van der Waals surface area contributed by atoms with E-state index in [0.717, 1.165) is 6.07 Å². The fourth-order valence-electron chi connectivity index (χ4n) is 3.59. The van der Waals surface area contributed by atoms with Crippen LogP contribution in [0.5, 0.6) is 28.7 Å². The van der Waals surface area contributed by atoms with Gasteiger partial charge < -0.3 is 49.6 Å². The highest BCUT2D eigenvalue weighted by Gasteiger charge is 2.46. The van der Waals surface area contributed by atoms with Crippen molar-refractivity contribution < 1.29 is 49.6 Å². The summed E-state index contributed by atoms with van der Waals surface area (Å²) in [4.78, 5) is 0. The quantitative estimate of drug-likeness (QED) is 0.369. The molecule has 31 heavy (non-hydrogen) atoms. The second-order valence-electron chi connectivity index (χ2n) is 7.23. The van der Waals surface area contributed by atoms with Crippen LogP contribution in [0.3, 0.4) is 0 Å². The number of aliphatic hydroxyl groups excluding tert-OH is 3. The van der Waals surface area contributed by atoms with Crippen molar-refractivity contribution in [2.75, 3.05) is 13.7 Å². The van der Waals surface area contributed by atoms with Crippen LogP contribution in [0.1, 0.15) is 17.2 Å². The smallest absolute Gasteiger partial charge is 0.270 e. The van der Waals surface area contributed by atoms with Gasteiger partial charge in [-0.1, -0.05) is 0 Å². The molecule has 4 rings (SSSR count). The number of aromatic hydroxyl groups is 4. The van der Waals surface area contributed by atoms with E-state index in [1.54, 1.807) is 12.1 Å². The summed E-state index contributed by atoms with van der Waals surface area (Å²) in [5.74, 6) is 0.169. The zero-order valence-corrected chi connectivity index (χ0v) is 16.4.